The quantitative estimate of drug-likeness (QED) is 0.652. The summed E-state index contributed by atoms with van der Waals surface area (Å²) < 4.78 is 4.86. The normalized spacial score (nSPS) is 10.7. The predicted octanol–water partition coefficient (Wildman–Crippen LogP) is 3.21. The monoisotopic (exact) mass is 330 g/mol. The summed E-state index contributed by atoms with van der Waals surface area (Å²) in [6, 6.07) is 7.86. The maximum Gasteiger partial charge on any atom is 0.311 e. The summed E-state index contributed by atoms with van der Waals surface area (Å²) in [4.78, 5) is 27.4. The third-order valence-electron chi connectivity index (χ3n) is 2.88. The number of thiazole rings is 1. The first-order valence-electron chi connectivity index (χ1n) is 7.22. The molecular formula is C17H18N2O3S. The van der Waals surface area contributed by atoms with Gasteiger partial charge in [0.2, 0.25) is 5.91 Å². The number of amides is 1. The minimum Gasteiger partial charge on any atom is -0.466 e. The van der Waals surface area contributed by atoms with E-state index in [0.717, 1.165) is 11.1 Å². The fraction of sp³-hybridized carbons (Fsp3) is 0.235. The molecule has 0 aliphatic rings. The van der Waals surface area contributed by atoms with Crippen LogP contribution in [-0.2, 0) is 20.7 Å². The van der Waals surface area contributed by atoms with Gasteiger partial charge in [0.1, 0.15) is 0 Å². The number of anilines is 1. The summed E-state index contributed by atoms with van der Waals surface area (Å²) in [5, 5.41) is 4.88. The van der Waals surface area contributed by atoms with Crippen molar-refractivity contribution >= 4 is 34.4 Å². The first-order valence-corrected chi connectivity index (χ1v) is 8.10. The highest BCUT2D eigenvalue weighted by atomic mass is 32.1. The second-order valence-corrected chi connectivity index (χ2v) is 5.72. The molecule has 23 heavy (non-hydrogen) atoms. The highest BCUT2D eigenvalue weighted by Crippen LogP contribution is 2.16. The molecule has 0 aliphatic carbocycles. The van der Waals surface area contributed by atoms with Crippen molar-refractivity contribution in [3.63, 3.8) is 0 Å². The van der Waals surface area contributed by atoms with E-state index in [1.54, 1.807) is 18.4 Å². The Balaban J connectivity index is 1.90. The lowest BCUT2D eigenvalue weighted by atomic mass is 10.1. The molecule has 0 saturated carbocycles. The molecule has 0 radical (unpaired) electrons. The van der Waals surface area contributed by atoms with Crippen LogP contribution in [0.4, 0.5) is 5.13 Å². The molecule has 2 rings (SSSR count). The topological polar surface area (TPSA) is 68.3 Å². The number of aryl methyl sites for hydroxylation is 1. The van der Waals surface area contributed by atoms with E-state index >= 15 is 0 Å². The number of ether oxygens (including phenoxy) is 1. The van der Waals surface area contributed by atoms with Crippen molar-refractivity contribution in [3.8, 4) is 0 Å². The predicted molar refractivity (Wildman–Crippen MR) is 91.3 cm³/mol. The standard InChI is InChI=1S/C17H18N2O3S/c1-3-22-16(21)10-14-11-23-17(18-14)19-15(20)8-7-13-6-4-5-12(2)9-13/h4-9,11H,3,10H2,1-2H3,(H,18,19,20)/b8-7+. The molecule has 5 nitrogen and oxygen atoms in total. The number of benzene rings is 1. The minimum absolute atomic E-state index is 0.110. The van der Waals surface area contributed by atoms with Crippen molar-refractivity contribution in [2.75, 3.05) is 11.9 Å². The zero-order chi connectivity index (χ0) is 16.7. The number of esters is 1. The Bertz CT molecular complexity index is 722. The van der Waals surface area contributed by atoms with Crippen molar-refractivity contribution < 1.29 is 14.3 Å². The SMILES string of the molecule is CCOC(=O)Cc1csc(NC(=O)/C=C/c2cccc(C)c2)n1. The van der Waals surface area contributed by atoms with E-state index in [1.165, 1.54) is 17.4 Å². The molecule has 1 aromatic heterocycles. The summed E-state index contributed by atoms with van der Waals surface area (Å²) in [6.45, 7) is 4.10. The maximum atomic E-state index is 11.9. The number of carbonyl (C=O) groups is 2. The van der Waals surface area contributed by atoms with E-state index in [4.69, 9.17) is 4.74 Å². The molecule has 0 spiro atoms. The van der Waals surface area contributed by atoms with Crippen LogP contribution in [0.2, 0.25) is 0 Å². The summed E-state index contributed by atoms with van der Waals surface area (Å²) in [5.74, 6) is -0.585. The average molecular weight is 330 g/mol. The third kappa shape index (κ3) is 5.67. The van der Waals surface area contributed by atoms with Gasteiger partial charge in [-0.05, 0) is 25.5 Å². The van der Waals surface area contributed by atoms with Gasteiger partial charge in [-0.2, -0.15) is 0 Å². The van der Waals surface area contributed by atoms with Crippen LogP contribution in [-0.4, -0.2) is 23.5 Å². The molecule has 0 bridgehead atoms. The second-order valence-electron chi connectivity index (χ2n) is 4.86. The van der Waals surface area contributed by atoms with Crippen molar-refractivity contribution in [1.29, 1.82) is 0 Å². The number of aromatic nitrogens is 1. The van der Waals surface area contributed by atoms with Crippen LogP contribution in [0.5, 0.6) is 0 Å². The van der Waals surface area contributed by atoms with E-state index in [0.29, 0.717) is 17.4 Å². The van der Waals surface area contributed by atoms with E-state index < -0.39 is 0 Å². The van der Waals surface area contributed by atoms with Crippen LogP contribution in [0.25, 0.3) is 6.08 Å². The Morgan fingerprint density at radius 2 is 2.22 bits per heavy atom. The van der Waals surface area contributed by atoms with Crippen LogP contribution in [0.3, 0.4) is 0 Å². The van der Waals surface area contributed by atoms with Gasteiger partial charge in [0.25, 0.3) is 0 Å². The van der Waals surface area contributed by atoms with Crippen LogP contribution < -0.4 is 5.32 Å². The molecule has 0 unspecified atom stereocenters. The zero-order valence-electron chi connectivity index (χ0n) is 13.0. The molecule has 0 saturated heterocycles. The van der Waals surface area contributed by atoms with Gasteiger partial charge in [-0.15, -0.1) is 11.3 Å². The Morgan fingerprint density at radius 1 is 1.39 bits per heavy atom. The van der Waals surface area contributed by atoms with Gasteiger partial charge in [0.15, 0.2) is 5.13 Å². The van der Waals surface area contributed by atoms with Crippen LogP contribution in [0.1, 0.15) is 23.7 Å². The Hall–Kier alpha value is -2.47. The molecule has 2 aromatic rings. The van der Waals surface area contributed by atoms with Gasteiger partial charge in [-0.25, -0.2) is 4.98 Å². The highest BCUT2D eigenvalue weighted by Gasteiger charge is 2.09. The molecule has 1 heterocycles. The smallest absolute Gasteiger partial charge is 0.311 e. The van der Waals surface area contributed by atoms with Crippen molar-refractivity contribution in [3.05, 3.63) is 52.5 Å². The lowest BCUT2D eigenvalue weighted by Crippen LogP contribution is -2.09. The van der Waals surface area contributed by atoms with Gasteiger partial charge in [-0.3, -0.25) is 14.9 Å². The first-order chi connectivity index (χ1) is 11.1. The summed E-state index contributed by atoms with van der Waals surface area (Å²) in [6.07, 6.45) is 3.32. The third-order valence-corrected chi connectivity index (χ3v) is 3.69. The van der Waals surface area contributed by atoms with Crippen molar-refractivity contribution in [2.24, 2.45) is 0 Å². The second kappa shape index (κ2) is 8.24. The summed E-state index contributed by atoms with van der Waals surface area (Å²) in [5.41, 5.74) is 2.68. The molecule has 120 valence electrons. The lowest BCUT2D eigenvalue weighted by molar-refractivity contribution is -0.142. The number of hydrogen-bond donors (Lipinski definition) is 1. The van der Waals surface area contributed by atoms with Crippen molar-refractivity contribution in [1.82, 2.24) is 4.98 Å². The molecule has 0 aliphatic heterocycles. The maximum absolute atomic E-state index is 11.9. The number of hydrogen-bond acceptors (Lipinski definition) is 5. The van der Waals surface area contributed by atoms with Crippen LogP contribution in [0, 0.1) is 6.92 Å². The molecule has 1 N–H and O–H groups in total. The highest BCUT2D eigenvalue weighted by molar-refractivity contribution is 7.14. The fourth-order valence-corrected chi connectivity index (χ4v) is 2.61. The fourth-order valence-electron chi connectivity index (χ4n) is 1.90. The van der Waals surface area contributed by atoms with Gasteiger partial charge in [0, 0.05) is 11.5 Å². The largest absolute Gasteiger partial charge is 0.466 e. The van der Waals surface area contributed by atoms with E-state index in [2.05, 4.69) is 10.3 Å². The molecule has 1 aromatic carbocycles. The molecule has 0 atom stereocenters. The average Bonchev–Trinajstić information content (AvgIpc) is 2.92. The van der Waals surface area contributed by atoms with Gasteiger partial charge < -0.3 is 4.74 Å². The number of carbonyl (C=O) groups excluding carboxylic acids is 2. The Labute approximate surface area is 139 Å². The number of nitrogens with one attached hydrogen (secondary N) is 1. The van der Waals surface area contributed by atoms with Gasteiger partial charge in [0.05, 0.1) is 18.7 Å². The molecule has 6 heteroatoms. The van der Waals surface area contributed by atoms with Crippen molar-refractivity contribution in [2.45, 2.75) is 20.3 Å². The Morgan fingerprint density at radius 3 is 2.96 bits per heavy atom. The van der Waals surface area contributed by atoms with Gasteiger partial charge >= 0.3 is 5.97 Å². The molecule has 1 amide bonds. The van der Waals surface area contributed by atoms with E-state index in [1.807, 2.05) is 31.2 Å². The summed E-state index contributed by atoms with van der Waals surface area (Å²) >= 11 is 1.28. The number of nitrogens with zero attached hydrogens (tertiary/aromatic N) is 1. The Kier molecular flexibility index (Phi) is 6.05. The molecule has 0 fully saturated rings. The minimum atomic E-state index is -0.324. The number of rotatable bonds is 6. The van der Waals surface area contributed by atoms with Crippen LogP contribution in [0.15, 0.2) is 35.7 Å². The summed E-state index contributed by atoms with van der Waals surface area (Å²) in [7, 11) is 0. The van der Waals surface area contributed by atoms with Crippen LogP contribution >= 0.6 is 11.3 Å². The van der Waals surface area contributed by atoms with Gasteiger partial charge in [-0.1, -0.05) is 29.8 Å². The van der Waals surface area contributed by atoms with E-state index in [-0.39, 0.29) is 18.3 Å². The zero-order valence-corrected chi connectivity index (χ0v) is 13.9. The first kappa shape index (κ1) is 16.9. The van der Waals surface area contributed by atoms with E-state index in [9.17, 15) is 9.59 Å². The molecular weight excluding hydrogens is 312 g/mol. The lowest BCUT2D eigenvalue weighted by Gasteiger charge is -1.99.